The predicted molar refractivity (Wildman–Crippen MR) is 96.4 cm³/mol. The summed E-state index contributed by atoms with van der Waals surface area (Å²) >= 11 is 1.55. The number of aromatic nitrogens is 2. The van der Waals surface area contributed by atoms with Gasteiger partial charge < -0.3 is 20.0 Å². The third-order valence-electron chi connectivity index (χ3n) is 4.64. The van der Waals surface area contributed by atoms with Crippen molar-refractivity contribution < 1.29 is 24.9 Å². The van der Waals surface area contributed by atoms with Crippen LogP contribution in [0.4, 0.5) is 5.69 Å². The van der Waals surface area contributed by atoms with Crippen molar-refractivity contribution in [3.8, 4) is 5.75 Å². The molecule has 0 radical (unpaired) electrons. The molecule has 1 aliphatic rings. The van der Waals surface area contributed by atoms with E-state index < -0.39 is 16.9 Å². The van der Waals surface area contributed by atoms with E-state index >= 15 is 0 Å². The normalized spacial score (nSPS) is 19.2. The molecule has 0 saturated carbocycles. The predicted octanol–water partition coefficient (Wildman–Crippen LogP) is -0.108. The van der Waals surface area contributed by atoms with E-state index in [2.05, 4.69) is 5.10 Å². The number of ether oxygens (including phenoxy) is 1. The molecule has 3 rings (SSSR count). The van der Waals surface area contributed by atoms with Gasteiger partial charge in [0.1, 0.15) is 29.1 Å². The summed E-state index contributed by atoms with van der Waals surface area (Å²) < 4.78 is 7.01. The molecule has 2 aromatic rings. The van der Waals surface area contributed by atoms with E-state index in [0.29, 0.717) is 29.4 Å². The Labute approximate surface area is 159 Å². The van der Waals surface area contributed by atoms with Gasteiger partial charge in [-0.05, 0) is 32.0 Å². The number of nitrogens with two attached hydrogens (primary N) is 1. The van der Waals surface area contributed by atoms with E-state index in [0.717, 1.165) is 11.1 Å². The van der Waals surface area contributed by atoms with Gasteiger partial charge in [0.15, 0.2) is 5.37 Å². The first-order valence-corrected chi connectivity index (χ1v) is 9.39. The molecule has 1 aromatic carbocycles. The summed E-state index contributed by atoms with van der Waals surface area (Å²) in [5, 5.41) is 28.3. The maximum absolute atomic E-state index is 11.2. The Hall–Kier alpha value is -2.59. The highest BCUT2D eigenvalue weighted by molar-refractivity contribution is 7.99. The minimum Gasteiger partial charge on any atom is -0.544 e. The van der Waals surface area contributed by atoms with E-state index in [1.54, 1.807) is 42.7 Å². The highest BCUT2D eigenvalue weighted by Crippen LogP contribution is 2.31. The van der Waals surface area contributed by atoms with Gasteiger partial charge in [-0.1, -0.05) is 11.8 Å². The number of carbonyl (C=O) groups excluding carboxylic acids is 1. The van der Waals surface area contributed by atoms with Crippen LogP contribution in [0.5, 0.6) is 5.75 Å². The average Bonchev–Trinajstić information content (AvgIpc) is 3.20. The molecule has 10 heteroatoms. The number of quaternary nitrogens is 1. The molecule has 9 nitrogen and oxygen atoms in total. The lowest BCUT2D eigenvalue weighted by Crippen LogP contribution is -2.90. The van der Waals surface area contributed by atoms with E-state index in [-0.39, 0.29) is 11.1 Å². The smallest absolute Gasteiger partial charge is 0.312 e. The van der Waals surface area contributed by atoms with Crippen LogP contribution in [-0.2, 0) is 11.3 Å². The first kappa shape index (κ1) is 19.2. The Morgan fingerprint density at radius 2 is 2.22 bits per heavy atom. The zero-order valence-corrected chi connectivity index (χ0v) is 16.0. The van der Waals surface area contributed by atoms with Gasteiger partial charge in [-0.3, -0.25) is 14.8 Å². The zero-order valence-electron chi connectivity index (χ0n) is 15.2. The molecule has 144 valence electrons. The Morgan fingerprint density at radius 3 is 2.78 bits per heavy atom. The summed E-state index contributed by atoms with van der Waals surface area (Å²) in [5.74, 6) is 0.0694. The van der Waals surface area contributed by atoms with Crippen molar-refractivity contribution in [1.29, 1.82) is 0 Å². The number of aryl methyl sites for hydroxylation is 1. The number of carboxylic acid groups (broad SMARTS) is 1. The number of carboxylic acids is 1. The topological polar surface area (TPSA) is 127 Å². The Balaban J connectivity index is 1.90. The summed E-state index contributed by atoms with van der Waals surface area (Å²) in [5.41, 5.74) is 2.63. The first-order valence-electron chi connectivity index (χ1n) is 8.34. The quantitative estimate of drug-likeness (QED) is 0.537. The van der Waals surface area contributed by atoms with Crippen LogP contribution < -0.4 is 15.2 Å². The third-order valence-corrected chi connectivity index (χ3v) is 5.98. The second kappa shape index (κ2) is 7.57. The summed E-state index contributed by atoms with van der Waals surface area (Å²) in [6.45, 7) is 3.60. The number of hydrogen-bond donors (Lipinski definition) is 1. The highest BCUT2D eigenvalue weighted by Gasteiger charge is 2.31. The van der Waals surface area contributed by atoms with Crippen LogP contribution in [0, 0.1) is 24.0 Å². The molecule has 2 heterocycles. The van der Waals surface area contributed by atoms with Gasteiger partial charge in [0, 0.05) is 11.1 Å². The van der Waals surface area contributed by atoms with Gasteiger partial charge in [-0.25, -0.2) is 0 Å². The summed E-state index contributed by atoms with van der Waals surface area (Å²) in [4.78, 5) is 21.9. The number of nitrogens with zero attached hydrogens (tertiary/aromatic N) is 3. The van der Waals surface area contributed by atoms with Crippen molar-refractivity contribution in [1.82, 2.24) is 9.78 Å². The van der Waals surface area contributed by atoms with Crippen LogP contribution in [-0.4, -0.2) is 39.6 Å². The van der Waals surface area contributed by atoms with Crippen molar-refractivity contribution >= 4 is 23.4 Å². The lowest BCUT2D eigenvalue weighted by atomic mass is 10.1. The van der Waals surface area contributed by atoms with Crippen LogP contribution in [0.3, 0.4) is 0 Å². The lowest BCUT2D eigenvalue weighted by Gasteiger charge is -2.15. The standard InChI is InChI=1S/C17H20N4O5S/c1-9-15(21(24)25)10(2)20(19-9)7-12-6-11(4-5-14(12)26-3)16-18-13(8-27-16)17(22)23/h4-6,13,16,18H,7-8H2,1-3H3,(H,22,23)/t13-,16+/m1/s1. The minimum absolute atomic E-state index is 0.0154. The molecule has 1 aromatic heterocycles. The summed E-state index contributed by atoms with van der Waals surface area (Å²) in [6.07, 6.45) is 0. The molecule has 1 aliphatic heterocycles. The molecule has 2 atom stereocenters. The van der Waals surface area contributed by atoms with E-state index in [9.17, 15) is 20.0 Å². The number of thioether (sulfide) groups is 1. The number of hydrogen-bond acceptors (Lipinski definition) is 7. The third kappa shape index (κ3) is 3.76. The molecule has 0 aliphatic carbocycles. The largest absolute Gasteiger partial charge is 0.544 e. The summed E-state index contributed by atoms with van der Waals surface area (Å²) in [6, 6.07) is 5.10. The molecule has 1 fully saturated rings. The van der Waals surface area contributed by atoms with E-state index in [1.165, 1.54) is 0 Å². The molecule has 0 spiro atoms. The number of rotatable bonds is 6. The lowest BCUT2D eigenvalue weighted by molar-refractivity contribution is -0.690. The van der Waals surface area contributed by atoms with Gasteiger partial charge in [0.05, 0.1) is 24.3 Å². The SMILES string of the molecule is COc1ccc([C@H]2[NH2+][C@@H](C(=O)[O-])CS2)cc1Cn1nc(C)c([N+](=O)[O-])c1C. The number of carbonyl (C=O) groups is 1. The number of nitro groups is 1. The fourth-order valence-electron chi connectivity index (χ4n) is 3.25. The molecular formula is C17H20N4O5S. The van der Waals surface area contributed by atoms with Crippen molar-refractivity contribution in [2.75, 3.05) is 12.9 Å². The monoisotopic (exact) mass is 392 g/mol. The summed E-state index contributed by atoms with van der Waals surface area (Å²) in [7, 11) is 1.56. The van der Waals surface area contributed by atoms with E-state index in [1.807, 2.05) is 18.2 Å². The number of aliphatic carboxylic acids is 1. The Kier molecular flexibility index (Phi) is 5.38. The molecule has 1 saturated heterocycles. The minimum atomic E-state index is -1.06. The fourth-order valence-corrected chi connectivity index (χ4v) is 4.55. The zero-order chi connectivity index (χ0) is 19.7. The van der Waals surface area contributed by atoms with Gasteiger partial charge in [-0.15, -0.1) is 0 Å². The second-order valence-electron chi connectivity index (χ2n) is 6.38. The first-order chi connectivity index (χ1) is 12.8. The number of methoxy groups -OCH3 is 1. The molecule has 2 N–H and O–H groups in total. The molecule has 0 bridgehead atoms. The molecule has 0 unspecified atom stereocenters. The van der Waals surface area contributed by atoms with E-state index in [4.69, 9.17) is 4.74 Å². The van der Waals surface area contributed by atoms with Crippen LogP contribution >= 0.6 is 11.8 Å². The van der Waals surface area contributed by atoms with Crippen LogP contribution in [0.25, 0.3) is 0 Å². The van der Waals surface area contributed by atoms with Crippen LogP contribution in [0.1, 0.15) is 27.9 Å². The van der Waals surface area contributed by atoms with Crippen LogP contribution in [0.2, 0.25) is 0 Å². The highest BCUT2D eigenvalue weighted by atomic mass is 32.2. The van der Waals surface area contributed by atoms with Crippen molar-refractivity contribution in [3.63, 3.8) is 0 Å². The molecular weight excluding hydrogens is 372 g/mol. The maximum atomic E-state index is 11.2. The molecule has 27 heavy (non-hydrogen) atoms. The van der Waals surface area contributed by atoms with Crippen molar-refractivity contribution in [2.45, 2.75) is 31.8 Å². The molecule has 0 amide bonds. The Morgan fingerprint density at radius 1 is 1.48 bits per heavy atom. The maximum Gasteiger partial charge on any atom is 0.312 e. The van der Waals surface area contributed by atoms with Crippen LogP contribution in [0.15, 0.2) is 18.2 Å². The van der Waals surface area contributed by atoms with Crippen molar-refractivity contribution in [3.05, 3.63) is 50.8 Å². The van der Waals surface area contributed by atoms with Gasteiger partial charge in [0.2, 0.25) is 0 Å². The average molecular weight is 392 g/mol. The van der Waals surface area contributed by atoms with Gasteiger partial charge >= 0.3 is 5.69 Å². The van der Waals surface area contributed by atoms with Gasteiger partial charge in [0.25, 0.3) is 0 Å². The number of benzene rings is 1. The van der Waals surface area contributed by atoms with Crippen molar-refractivity contribution in [2.24, 2.45) is 0 Å². The Bertz CT molecular complexity index is 898. The van der Waals surface area contributed by atoms with Gasteiger partial charge in [-0.2, -0.15) is 5.10 Å². The second-order valence-corrected chi connectivity index (χ2v) is 7.55. The fraction of sp³-hybridized carbons (Fsp3) is 0.412.